The Hall–Kier alpha value is -2.32. The van der Waals surface area contributed by atoms with Crippen LogP contribution in [0.2, 0.25) is 0 Å². The molecular formula is C20H25F2N5O. The molecule has 0 aliphatic carbocycles. The van der Waals surface area contributed by atoms with Crippen LogP contribution in [0.1, 0.15) is 11.4 Å². The zero-order chi connectivity index (χ0) is 19.5. The zero-order valence-electron chi connectivity index (χ0n) is 16.1. The van der Waals surface area contributed by atoms with Gasteiger partial charge in [0.2, 0.25) is 0 Å². The second kappa shape index (κ2) is 8.36. The molecule has 6 nitrogen and oxygen atoms in total. The molecule has 0 radical (unpaired) electrons. The normalized spacial score (nSPS) is 18.5. The van der Waals surface area contributed by atoms with E-state index in [1.807, 2.05) is 6.92 Å². The lowest BCUT2D eigenvalue weighted by Crippen LogP contribution is -2.46. The second-order valence-corrected chi connectivity index (χ2v) is 7.27. The molecule has 3 heterocycles. The number of aromatic nitrogens is 2. The number of piperazine rings is 1. The van der Waals surface area contributed by atoms with Gasteiger partial charge in [0.05, 0.1) is 13.2 Å². The van der Waals surface area contributed by atoms with E-state index in [-0.39, 0.29) is 0 Å². The van der Waals surface area contributed by atoms with Gasteiger partial charge >= 0.3 is 0 Å². The van der Waals surface area contributed by atoms with E-state index >= 15 is 0 Å². The molecule has 0 bridgehead atoms. The van der Waals surface area contributed by atoms with Crippen molar-refractivity contribution >= 4 is 11.6 Å². The van der Waals surface area contributed by atoms with Crippen LogP contribution in [0.25, 0.3) is 0 Å². The molecule has 1 aromatic heterocycles. The van der Waals surface area contributed by atoms with E-state index in [0.717, 1.165) is 76.0 Å². The molecule has 0 saturated carbocycles. The Morgan fingerprint density at radius 2 is 1.39 bits per heavy atom. The van der Waals surface area contributed by atoms with Crippen molar-refractivity contribution in [3.8, 4) is 0 Å². The van der Waals surface area contributed by atoms with Gasteiger partial charge in [-0.3, -0.25) is 4.90 Å². The van der Waals surface area contributed by atoms with Crippen molar-refractivity contribution < 1.29 is 13.5 Å². The first kappa shape index (κ1) is 19.0. The van der Waals surface area contributed by atoms with Crippen molar-refractivity contribution in [3.63, 3.8) is 0 Å². The molecule has 2 aromatic rings. The highest BCUT2D eigenvalue weighted by molar-refractivity contribution is 5.51. The van der Waals surface area contributed by atoms with Crippen molar-refractivity contribution in [1.82, 2.24) is 14.9 Å². The largest absolute Gasteiger partial charge is 0.378 e. The molecule has 2 saturated heterocycles. The van der Waals surface area contributed by atoms with Gasteiger partial charge in [-0.25, -0.2) is 18.7 Å². The summed E-state index contributed by atoms with van der Waals surface area (Å²) in [6, 6.07) is 5.76. The number of hydrogen-bond acceptors (Lipinski definition) is 6. The van der Waals surface area contributed by atoms with Crippen molar-refractivity contribution in [2.24, 2.45) is 0 Å². The Bertz CT molecular complexity index is 800. The van der Waals surface area contributed by atoms with Crippen LogP contribution < -0.4 is 9.80 Å². The van der Waals surface area contributed by atoms with E-state index in [1.54, 1.807) is 0 Å². The summed E-state index contributed by atoms with van der Waals surface area (Å²) in [5.41, 5.74) is 0.665. The van der Waals surface area contributed by atoms with E-state index in [1.165, 1.54) is 12.1 Å². The smallest absolute Gasteiger partial charge is 0.134 e. The zero-order valence-corrected chi connectivity index (χ0v) is 16.1. The number of halogens is 2. The molecular weight excluding hydrogens is 364 g/mol. The number of anilines is 2. The maximum absolute atomic E-state index is 13.4. The molecule has 0 N–H and O–H groups in total. The second-order valence-electron chi connectivity index (χ2n) is 7.27. The van der Waals surface area contributed by atoms with Crippen molar-refractivity contribution in [2.75, 3.05) is 62.3 Å². The van der Waals surface area contributed by atoms with Crippen LogP contribution in [0.15, 0.2) is 24.3 Å². The van der Waals surface area contributed by atoms with Crippen LogP contribution in [-0.2, 0) is 11.3 Å². The molecule has 8 heteroatoms. The number of ether oxygens (including phenoxy) is 1. The van der Waals surface area contributed by atoms with E-state index in [2.05, 4.69) is 30.7 Å². The van der Waals surface area contributed by atoms with Crippen LogP contribution in [0.3, 0.4) is 0 Å². The van der Waals surface area contributed by atoms with Gasteiger partial charge in [0, 0.05) is 57.9 Å². The summed E-state index contributed by atoms with van der Waals surface area (Å²) in [6.07, 6.45) is 0. The number of nitrogens with zero attached hydrogens (tertiary/aromatic N) is 5. The molecule has 0 spiro atoms. The molecule has 2 aliphatic heterocycles. The Morgan fingerprint density at radius 1 is 0.821 bits per heavy atom. The molecule has 2 fully saturated rings. The third kappa shape index (κ3) is 4.56. The SMILES string of the molecule is Cc1nc(N2CCOCC2)cc(N2CCN(Cc3cc(F)cc(F)c3)CC2)n1. The fourth-order valence-corrected chi connectivity index (χ4v) is 3.75. The van der Waals surface area contributed by atoms with Crippen LogP contribution in [0.5, 0.6) is 0 Å². The molecule has 150 valence electrons. The third-order valence-corrected chi connectivity index (χ3v) is 5.17. The van der Waals surface area contributed by atoms with Crippen molar-refractivity contribution in [1.29, 1.82) is 0 Å². The lowest BCUT2D eigenvalue weighted by molar-refractivity contribution is 0.122. The molecule has 0 amide bonds. The fourth-order valence-electron chi connectivity index (χ4n) is 3.75. The Kier molecular flexibility index (Phi) is 5.68. The number of benzene rings is 1. The highest BCUT2D eigenvalue weighted by atomic mass is 19.1. The Morgan fingerprint density at radius 3 is 2.00 bits per heavy atom. The lowest BCUT2D eigenvalue weighted by Gasteiger charge is -2.36. The summed E-state index contributed by atoms with van der Waals surface area (Å²) < 4.78 is 32.2. The number of morpholine rings is 1. The van der Waals surface area contributed by atoms with Gasteiger partial charge in [0.1, 0.15) is 29.1 Å². The average Bonchev–Trinajstić information content (AvgIpc) is 2.68. The van der Waals surface area contributed by atoms with Gasteiger partial charge in [-0.05, 0) is 24.6 Å². The van der Waals surface area contributed by atoms with Crippen LogP contribution in [0, 0.1) is 18.6 Å². The van der Waals surface area contributed by atoms with Gasteiger partial charge in [0.15, 0.2) is 0 Å². The summed E-state index contributed by atoms with van der Waals surface area (Å²) in [7, 11) is 0. The van der Waals surface area contributed by atoms with Gasteiger partial charge in [0.25, 0.3) is 0 Å². The minimum Gasteiger partial charge on any atom is -0.378 e. The lowest BCUT2D eigenvalue weighted by atomic mass is 10.2. The maximum Gasteiger partial charge on any atom is 0.134 e. The number of aryl methyl sites for hydroxylation is 1. The van der Waals surface area contributed by atoms with Crippen LogP contribution in [0.4, 0.5) is 20.4 Å². The highest BCUT2D eigenvalue weighted by Gasteiger charge is 2.21. The third-order valence-electron chi connectivity index (χ3n) is 5.17. The molecule has 1 aromatic carbocycles. The molecule has 0 unspecified atom stereocenters. The van der Waals surface area contributed by atoms with Crippen LogP contribution in [-0.4, -0.2) is 67.4 Å². The Labute approximate surface area is 163 Å². The van der Waals surface area contributed by atoms with E-state index in [0.29, 0.717) is 12.1 Å². The summed E-state index contributed by atoms with van der Waals surface area (Å²) >= 11 is 0. The predicted octanol–water partition coefficient (Wildman–Crippen LogP) is 2.22. The van der Waals surface area contributed by atoms with E-state index < -0.39 is 11.6 Å². The van der Waals surface area contributed by atoms with Gasteiger partial charge in [-0.15, -0.1) is 0 Å². The fraction of sp³-hybridized carbons (Fsp3) is 0.500. The van der Waals surface area contributed by atoms with Gasteiger partial charge in [-0.2, -0.15) is 0 Å². The summed E-state index contributed by atoms with van der Waals surface area (Å²) in [5, 5.41) is 0. The first-order chi connectivity index (χ1) is 13.6. The monoisotopic (exact) mass is 389 g/mol. The summed E-state index contributed by atoms with van der Waals surface area (Å²) in [6.45, 7) is 8.85. The summed E-state index contributed by atoms with van der Waals surface area (Å²) in [5.74, 6) is 1.59. The van der Waals surface area contributed by atoms with Crippen molar-refractivity contribution in [2.45, 2.75) is 13.5 Å². The van der Waals surface area contributed by atoms with E-state index in [4.69, 9.17) is 4.74 Å². The topological polar surface area (TPSA) is 44.7 Å². The average molecular weight is 389 g/mol. The predicted molar refractivity (Wildman–Crippen MR) is 104 cm³/mol. The van der Waals surface area contributed by atoms with Gasteiger partial charge < -0.3 is 14.5 Å². The van der Waals surface area contributed by atoms with Gasteiger partial charge in [-0.1, -0.05) is 0 Å². The quantitative estimate of drug-likeness (QED) is 0.799. The minimum absolute atomic E-state index is 0.527. The van der Waals surface area contributed by atoms with E-state index in [9.17, 15) is 8.78 Å². The standard InChI is InChI=1S/C20H25F2N5O/c1-15-23-19(13-20(24-15)27-6-8-28-9-7-27)26-4-2-25(3-5-26)14-16-10-17(21)12-18(22)11-16/h10-13H,2-9,14H2,1H3. The first-order valence-electron chi connectivity index (χ1n) is 9.67. The summed E-state index contributed by atoms with van der Waals surface area (Å²) in [4.78, 5) is 15.9. The van der Waals surface area contributed by atoms with Crippen molar-refractivity contribution in [3.05, 3.63) is 47.3 Å². The number of hydrogen-bond donors (Lipinski definition) is 0. The maximum atomic E-state index is 13.4. The minimum atomic E-state index is -0.527. The molecule has 28 heavy (non-hydrogen) atoms. The van der Waals surface area contributed by atoms with Crippen LogP contribution >= 0.6 is 0 Å². The highest BCUT2D eigenvalue weighted by Crippen LogP contribution is 2.22. The molecule has 0 atom stereocenters. The first-order valence-corrected chi connectivity index (χ1v) is 9.67. The number of rotatable bonds is 4. The molecule has 4 rings (SSSR count). The molecule has 2 aliphatic rings. The Balaban J connectivity index is 1.40.